The first-order valence-corrected chi connectivity index (χ1v) is 6.82. The second-order valence-electron chi connectivity index (χ2n) is 3.28. The molecule has 0 atom stereocenters. The van der Waals surface area contributed by atoms with Crippen LogP contribution >= 0.6 is 0 Å². The van der Waals surface area contributed by atoms with Gasteiger partial charge in [0.05, 0.1) is 11.7 Å². The average molecular weight is 234 g/mol. The van der Waals surface area contributed by atoms with Crippen LogP contribution in [0.1, 0.15) is 47.5 Å². The number of rotatable bonds is 3. The first-order chi connectivity index (χ1) is 8.42. The van der Waals surface area contributed by atoms with Gasteiger partial charge in [0.15, 0.2) is 0 Å². The molecule has 2 heteroatoms. The lowest BCUT2D eigenvalue weighted by atomic mass is 10.2. The molecule has 0 saturated carbocycles. The molecular formula is C15H26N2. The Hall–Kier alpha value is -1.31. The van der Waals surface area contributed by atoms with E-state index >= 15 is 0 Å². The Kier molecular flexibility index (Phi) is 9.12. The molecule has 0 saturated heterocycles. The van der Waals surface area contributed by atoms with Crippen LogP contribution in [-0.4, -0.2) is 9.78 Å². The molecule has 0 radical (unpaired) electrons. The molecule has 2 rings (SSSR count). The van der Waals surface area contributed by atoms with Crippen molar-refractivity contribution in [2.75, 3.05) is 0 Å². The topological polar surface area (TPSA) is 17.8 Å². The van der Waals surface area contributed by atoms with Gasteiger partial charge in [-0.05, 0) is 12.5 Å². The first-order valence-electron chi connectivity index (χ1n) is 6.82. The van der Waals surface area contributed by atoms with Crippen molar-refractivity contribution in [3.05, 3.63) is 30.5 Å². The Morgan fingerprint density at radius 3 is 2.35 bits per heavy atom. The highest BCUT2D eigenvalue weighted by Gasteiger charge is 1.99. The molecule has 0 unspecified atom stereocenters. The van der Waals surface area contributed by atoms with E-state index in [1.807, 2.05) is 40.0 Å². The van der Waals surface area contributed by atoms with Crippen LogP contribution in [0.15, 0.2) is 30.5 Å². The van der Waals surface area contributed by atoms with Crippen molar-refractivity contribution in [1.82, 2.24) is 9.78 Å². The highest BCUT2D eigenvalue weighted by molar-refractivity contribution is 5.78. The van der Waals surface area contributed by atoms with Gasteiger partial charge in [0.2, 0.25) is 0 Å². The van der Waals surface area contributed by atoms with E-state index in [-0.39, 0.29) is 0 Å². The zero-order valence-corrected chi connectivity index (χ0v) is 11.9. The van der Waals surface area contributed by atoms with Gasteiger partial charge in [-0.3, -0.25) is 4.68 Å². The number of unbranched alkanes of at least 4 members (excludes halogenated alkanes) is 1. The molecule has 0 amide bonds. The van der Waals surface area contributed by atoms with Crippen molar-refractivity contribution in [2.24, 2.45) is 0 Å². The van der Waals surface area contributed by atoms with Crippen LogP contribution in [-0.2, 0) is 6.54 Å². The summed E-state index contributed by atoms with van der Waals surface area (Å²) >= 11 is 0. The largest absolute Gasteiger partial charge is 0.265 e. The molecule has 0 aliphatic carbocycles. The zero-order valence-electron chi connectivity index (χ0n) is 11.9. The van der Waals surface area contributed by atoms with E-state index < -0.39 is 0 Å². The van der Waals surface area contributed by atoms with Crippen molar-refractivity contribution in [1.29, 1.82) is 0 Å². The molecule has 0 bridgehead atoms. The molecule has 1 aromatic carbocycles. The summed E-state index contributed by atoms with van der Waals surface area (Å²) in [7, 11) is 0. The molecule has 96 valence electrons. The van der Waals surface area contributed by atoms with E-state index in [2.05, 4.69) is 34.9 Å². The second kappa shape index (κ2) is 9.88. The summed E-state index contributed by atoms with van der Waals surface area (Å²) < 4.78 is 2.08. The summed E-state index contributed by atoms with van der Waals surface area (Å²) in [6, 6.07) is 8.34. The Labute approximate surface area is 106 Å². The van der Waals surface area contributed by atoms with E-state index in [1.54, 1.807) is 0 Å². The summed E-state index contributed by atoms with van der Waals surface area (Å²) in [5.41, 5.74) is 1.25. The van der Waals surface area contributed by atoms with Crippen LogP contribution < -0.4 is 0 Å². The molecule has 1 aromatic heterocycles. The van der Waals surface area contributed by atoms with E-state index in [9.17, 15) is 0 Å². The van der Waals surface area contributed by atoms with Crippen LogP contribution in [0, 0.1) is 0 Å². The summed E-state index contributed by atoms with van der Waals surface area (Å²) in [5, 5.41) is 5.58. The lowest BCUT2D eigenvalue weighted by molar-refractivity contribution is 0.588. The van der Waals surface area contributed by atoms with Gasteiger partial charge >= 0.3 is 0 Å². The third-order valence-electron chi connectivity index (χ3n) is 2.27. The maximum Gasteiger partial charge on any atom is 0.0682 e. The molecule has 0 aliphatic rings. The molecule has 0 N–H and O–H groups in total. The number of aryl methyl sites for hydroxylation is 1. The van der Waals surface area contributed by atoms with Gasteiger partial charge in [-0.1, -0.05) is 59.2 Å². The Morgan fingerprint density at radius 1 is 1.06 bits per heavy atom. The minimum Gasteiger partial charge on any atom is -0.265 e. The number of benzene rings is 1. The van der Waals surface area contributed by atoms with Gasteiger partial charge in [0.1, 0.15) is 0 Å². The normalized spacial score (nSPS) is 9.00. The Bertz CT molecular complexity index is 390. The van der Waals surface area contributed by atoms with Gasteiger partial charge in [0, 0.05) is 11.9 Å². The van der Waals surface area contributed by atoms with Crippen LogP contribution in [0.25, 0.3) is 10.9 Å². The van der Waals surface area contributed by atoms with Gasteiger partial charge in [0.25, 0.3) is 0 Å². The highest BCUT2D eigenvalue weighted by atomic mass is 15.3. The van der Waals surface area contributed by atoms with E-state index in [1.165, 1.54) is 23.7 Å². The number of aromatic nitrogens is 2. The van der Waals surface area contributed by atoms with Gasteiger partial charge < -0.3 is 0 Å². The first kappa shape index (κ1) is 15.7. The molecular weight excluding hydrogens is 208 g/mol. The summed E-state index contributed by atoms with van der Waals surface area (Å²) in [6.07, 6.45) is 4.35. The predicted molar refractivity (Wildman–Crippen MR) is 77.3 cm³/mol. The van der Waals surface area contributed by atoms with Crippen LogP contribution in [0.4, 0.5) is 0 Å². The fourth-order valence-electron chi connectivity index (χ4n) is 1.51. The maximum atomic E-state index is 4.35. The van der Waals surface area contributed by atoms with E-state index in [0.29, 0.717) is 0 Å². The van der Waals surface area contributed by atoms with Crippen LogP contribution in [0.3, 0.4) is 0 Å². The molecule has 0 aliphatic heterocycles. The van der Waals surface area contributed by atoms with Crippen molar-refractivity contribution in [2.45, 2.75) is 54.0 Å². The molecule has 1 heterocycles. The monoisotopic (exact) mass is 234 g/mol. The fraction of sp³-hybridized carbons (Fsp3) is 0.533. The molecule has 0 spiro atoms. The molecule has 2 aromatic rings. The lowest BCUT2D eigenvalue weighted by Gasteiger charge is -2.00. The third-order valence-corrected chi connectivity index (χ3v) is 2.27. The zero-order chi connectivity index (χ0) is 13.1. The van der Waals surface area contributed by atoms with Crippen LogP contribution in [0.2, 0.25) is 0 Å². The standard InChI is InChI=1S/C11H14N2.2C2H6/c1-2-3-8-13-11-7-5-4-6-10(11)9-12-13;2*1-2/h4-7,9H,2-3,8H2,1H3;2*1-2H3. The maximum absolute atomic E-state index is 4.35. The second-order valence-corrected chi connectivity index (χ2v) is 3.28. The highest BCUT2D eigenvalue weighted by Crippen LogP contribution is 2.12. The average Bonchev–Trinajstić information content (AvgIpc) is 2.84. The molecule has 0 fully saturated rings. The van der Waals surface area contributed by atoms with E-state index in [4.69, 9.17) is 0 Å². The Balaban J connectivity index is 0.000000581. The van der Waals surface area contributed by atoms with Crippen LogP contribution in [0.5, 0.6) is 0 Å². The number of fused-ring (bicyclic) bond motifs is 1. The molecule has 17 heavy (non-hydrogen) atoms. The quantitative estimate of drug-likeness (QED) is 0.739. The van der Waals surface area contributed by atoms with Gasteiger partial charge in [-0.25, -0.2) is 0 Å². The fourth-order valence-corrected chi connectivity index (χ4v) is 1.51. The van der Waals surface area contributed by atoms with Gasteiger partial charge in [-0.15, -0.1) is 0 Å². The van der Waals surface area contributed by atoms with Crippen molar-refractivity contribution in [3.63, 3.8) is 0 Å². The summed E-state index contributed by atoms with van der Waals surface area (Å²) in [4.78, 5) is 0. The van der Waals surface area contributed by atoms with Crippen molar-refractivity contribution < 1.29 is 0 Å². The summed E-state index contributed by atoms with van der Waals surface area (Å²) in [6.45, 7) is 11.2. The SMILES string of the molecule is CC.CC.CCCCn1ncc2ccccc21. The number of para-hydroxylation sites is 1. The van der Waals surface area contributed by atoms with E-state index in [0.717, 1.165) is 6.54 Å². The minimum atomic E-state index is 1.03. The van der Waals surface area contributed by atoms with Crippen molar-refractivity contribution in [3.8, 4) is 0 Å². The number of hydrogen-bond donors (Lipinski definition) is 0. The minimum absolute atomic E-state index is 1.03. The number of hydrogen-bond acceptors (Lipinski definition) is 1. The smallest absolute Gasteiger partial charge is 0.0682 e. The lowest BCUT2D eigenvalue weighted by Crippen LogP contribution is -1.98. The molecule has 2 nitrogen and oxygen atoms in total. The van der Waals surface area contributed by atoms with Gasteiger partial charge in [-0.2, -0.15) is 5.10 Å². The Morgan fingerprint density at radius 2 is 1.71 bits per heavy atom. The van der Waals surface area contributed by atoms with Crippen molar-refractivity contribution >= 4 is 10.9 Å². The predicted octanol–water partition coefficient (Wildman–Crippen LogP) is 4.89. The number of nitrogens with zero attached hydrogens (tertiary/aromatic N) is 2. The third kappa shape index (κ3) is 4.59. The summed E-state index contributed by atoms with van der Waals surface area (Å²) in [5.74, 6) is 0.